The van der Waals surface area contributed by atoms with E-state index >= 15 is 0 Å². The fraction of sp³-hybridized carbons (Fsp3) is 1.00. The fourth-order valence-electron chi connectivity index (χ4n) is 0.803. The Kier molecular flexibility index (Phi) is 25.6. The van der Waals surface area contributed by atoms with Gasteiger partial charge in [0.2, 0.25) is 0 Å². The molecule has 0 aromatic rings. The van der Waals surface area contributed by atoms with Crippen LogP contribution in [0.5, 0.6) is 0 Å². The van der Waals surface area contributed by atoms with Crippen LogP contribution in [0.2, 0.25) is 0 Å². The molecule has 0 amide bonds. The van der Waals surface area contributed by atoms with Crippen LogP contribution in [0, 0.1) is 5.92 Å². The lowest BCUT2D eigenvalue weighted by Crippen LogP contribution is -1.85. The van der Waals surface area contributed by atoms with Gasteiger partial charge in [0.05, 0.1) is 0 Å². The summed E-state index contributed by atoms with van der Waals surface area (Å²) >= 11 is 0. The van der Waals surface area contributed by atoms with E-state index in [9.17, 15) is 0 Å². The Balaban J connectivity index is -0.000000177. The second-order valence-electron chi connectivity index (χ2n) is 3.60. The summed E-state index contributed by atoms with van der Waals surface area (Å²) in [7, 11) is 0. The molecule has 0 aromatic heterocycles. The van der Waals surface area contributed by atoms with Crippen LogP contribution in [-0.4, -0.2) is 5.48 Å². The molecule has 0 aliphatic heterocycles. The van der Waals surface area contributed by atoms with Crippen molar-refractivity contribution in [1.29, 1.82) is 0 Å². The summed E-state index contributed by atoms with van der Waals surface area (Å²) in [6.07, 6.45) is 6.85. The first-order chi connectivity index (χ1) is 5.18. The topological polar surface area (TPSA) is 31.5 Å². The van der Waals surface area contributed by atoms with Gasteiger partial charge in [-0.1, -0.05) is 66.7 Å². The molecule has 0 spiro atoms. The zero-order chi connectivity index (χ0) is 9.11. The van der Waals surface area contributed by atoms with E-state index in [0.717, 1.165) is 5.92 Å². The van der Waals surface area contributed by atoms with E-state index < -0.39 is 0 Å². The molecule has 0 saturated heterocycles. The summed E-state index contributed by atoms with van der Waals surface area (Å²) in [5.74, 6) is 0.904. The number of unbranched alkanes of at least 4 members (excludes halogenated alkanes) is 2. The molecule has 0 unspecified atom stereocenters. The molecule has 0 atom stereocenters. The van der Waals surface area contributed by atoms with Gasteiger partial charge in [-0.25, -0.2) is 0 Å². The maximum atomic E-state index is 2.29. The van der Waals surface area contributed by atoms with Crippen molar-refractivity contribution in [3.63, 3.8) is 0 Å². The third-order valence-corrected chi connectivity index (χ3v) is 1.39. The van der Waals surface area contributed by atoms with E-state index in [1.54, 1.807) is 0 Å². The Hall–Kier alpha value is -0.0400. The summed E-state index contributed by atoms with van der Waals surface area (Å²) in [6.45, 7) is 11.1. The average Bonchev–Trinajstić information content (AvgIpc) is 1.89. The molecule has 0 radical (unpaired) electrons. The first-order valence-electron chi connectivity index (χ1n) is 5.18. The summed E-state index contributed by atoms with van der Waals surface area (Å²) in [6, 6.07) is 0. The van der Waals surface area contributed by atoms with Crippen LogP contribution in [-0.2, 0) is 0 Å². The van der Waals surface area contributed by atoms with Gasteiger partial charge in [0, 0.05) is 0 Å². The highest BCUT2D eigenvalue weighted by molar-refractivity contribution is 4.44. The molecule has 0 heterocycles. The summed E-state index contributed by atoms with van der Waals surface area (Å²) in [4.78, 5) is 0. The Bertz CT molecular complexity index is 51.0. The Morgan fingerprint density at radius 3 is 1.58 bits per heavy atom. The van der Waals surface area contributed by atoms with Gasteiger partial charge in [-0.2, -0.15) is 0 Å². The summed E-state index contributed by atoms with van der Waals surface area (Å²) in [5.41, 5.74) is 0. The quantitative estimate of drug-likeness (QED) is 0.583. The molecule has 1 nitrogen and oxygen atoms in total. The Morgan fingerprint density at radius 1 is 0.917 bits per heavy atom. The molecule has 0 saturated carbocycles. The zero-order valence-corrected chi connectivity index (χ0v) is 9.61. The third-order valence-electron chi connectivity index (χ3n) is 1.39. The molecule has 78 valence electrons. The van der Waals surface area contributed by atoms with E-state index in [1.807, 2.05) is 0 Å². The van der Waals surface area contributed by atoms with Crippen molar-refractivity contribution in [3.05, 3.63) is 0 Å². The molecule has 0 aliphatic rings. The van der Waals surface area contributed by atoms with Gasteiger partial charge >= 0.3 is 0 Å². The molecule has 0 fully saturated rings. The van der Waals surface area contributed by atoms with Gasteiger partial charge in [0.25, 0.3) is 0 Å². The van der Waals surface area contributed by atoms with Crippen molar-refractivity contribution < 1.29 is 5.48 Å². The van der Waals surface area contributed by atoms with E-state index in [4.69, 9.17) is 0 Å². The standard InChI is InChI=1S/C8H18.C3H8.H2O/c1-4-5-6-7-8(2)3;1-3-2;/h8H,4-7H2,1-3H3;3H2,1-2H3;1H2. The molecular formula is C11H28O. The first kappa shape index (κ1) is 17.9. The van der Waals surface area contributed by atoms with Crippen LogP contribution < -0.4 is 0 Å². The lowest BCUT2D eigenvalue weighted by atomic mass is 10.1. The van der Waals surface area contributed by atoms with Crippen LogP contribution >= 0.6 is 0 Å². The highest BCUT2D eigenvalue weighted by Gasteiger charge is 1.90. The average molecular weight is 176 g/mol. The third kappa shape index (κ3) is 32.5. The lowest BCUT2D eigenvalue weighted by Gasteiger charge is -2.00. The molecular weight excluding hydrogens is 148 g/mol. The van der Waals surface area contributed by atoms with Gasteiger partial charge in [-0.15, -0.1) is 0 Å². The number of hydrogen-bond acceptors (Lipinski definition) is 0. The predicted octanol–water partition coefficient (Wildman–Crippen LogP) is 3.81. The van der Waals surface area contributed by atoms with Crippen molar-refractivity contribution in [3.8, 4) is 0 Å². The van der Waals surface area contributed by atoms with Crippen molar-refractivity contribution in [2.24, 2.45) is 5.92 Å². The highest BCUT2D eigenvalue weighted by Crippen LogP contribution is 2.06. The Morgan fingerprint density at radius 2 is 1.33 bits per heavy atom. The van der Waals surface area contributed by atoms with Crippen LogP contribution in [0.25, 0.3) is 0 Å². The highest BCUT2D eigenvalue weighted by atomic mass is 16.0. The number of rotatable bonds is 4. The molecule has 0 rings (SSSR count). The maximum Gasteiger partial charge on any atom is -0.0471 e. The van der Waals surface area contributed by atoms with E-state index in [1.165, 1.54) is 32.1 Å². The molecule has 1 heteroatoms. The van der Waals surface area contributed by atoms with E-state index in [0.29, 0.717) is 0 Å². The van der Waals surface area contributed by atoms with Gasteiger partial charge in [0.15, 0.2) is 0 Å². The van der Waals surface area contributed by atoms with Gasteiger partial charge in [-0.3, -0.25) is 0 Å². The molecule has 0 aromatic carbocycles. The minimum atomic E-state index is 0. The SMILES string of the molecule is CCC.CCCCCC(C)C.O. The maximum absolute atomic E-state index is 2.29. The van der Waals surface area contributed by atoms with Crippen LogP contribution in [0.3, 0.4) is 0 Å². The van der Waals surface area contributed by atoms with Gasteiger partial charge in [-0.05, 0) is 5.92 Å². The first-order valence-corrected chi connectivity index (χ1v) is 5.18. The van der Waals surface area contributed by atoms with Crippen LogP contribution in [0.4, 0.5) is 0 Å². The van der Waals surface area contributed by atoms with Crippen molar-refractivity contribution >= 4 is 0 Å². The normalized spacial score (nSPS) is 8.50. The van der Waals surface area contributed by atoms with E-state index in [-0.39, 0.29) is 5.48 Å². The van der Waals surface area contributed by atoms with E-state index in [2.05, 4.69) is 34.6 Å². The lowest BCUT2D eigenvalue weighted by molar-refractivity contribution is 0.534. The minimum absolute atomic E-state index is 0. The van der Waals surface area contributed by atoms with Crippen LogP contribution in [0.1, 0.15) is 66.7 Å². The van der Waals surface area contributed by atoms with Crippen LogP contribution in [0.15, 0.2) is 0 Å². The van der Waals surface area contributed by atoms with Gasteiger partial charge < -0.3 is 5.48 Å². The largest absolute Gasteiger partial charge is 0.412 e. The fourth-order valence-corrected chi connectivity index (χ4v) is 0.803. The molecule has 12 heavy (non-hydrogen) atoms. The Labute approximate surface area is 78.9 Å². The summed E-state index contributed by atoms with van der Waals surface area (Å²) < 4.78 is 0. The van der Waals surface area contributed by atoms with Gasteiger partial charge in [0.1, 0.15) is 0 Å². The second-order valence-corrected chi connectivity index (χ2v) is 3.60. The van der Waals surface area contributed by atoms with Crippen molar-refractivity contribution in [2.45, 2.75) is 66.7 Å². The molecule has 2 N–H and O–H groups in total. The summed E-state index contributed by atoms with van der Waals surface area (Å²) in [5, 5.41) is 0. The zero-order valence-electron chi connectivity index (χ0n) is 9.61. The number of hydrogen-bond donors (Lipinski definition) is 0. The monoisotopic (exact) mass is 176 g/mol. The second kappa shape index (κ2) is 17.2. The minimum Gasteiger partial charge on any atom is -0.412 e. The predicted molar refractivity (Wildman–Crippen MR) is 58.6 cm³/mol. The van der Waals surface area contributed by atoms with Crippen molar-refractivity contribution in [2.75, 3.05) is 0 Å². The van der Waals surface area contributed by atoms with Crippen molar-refractivity contribution in [1.82, 2.24) is 0 Å². The smallest absolute Gasteiger partial charge is 0.0471 e. The molecule has 0 aliphatic carbocycles. The molecule has 0 bridgehead atoms.